The first-order chi connectivity index (χ1) is 32.2. The van der Waals surface area contributed by atoms with Crippen molar-refractivity contribution in [1.82, 2.24) is 5.32 Å². The fraction of sp³-hybridized carbons (Fsp3) is 0.855. The van der Waals surface area contributed by atoms with E-state index in [9.17, 15) is 35.1 Å². The molecule has 0 radical (unpaired) electrons. The molecule has 1 saturated heterocycles. The van der Waals surface area contributed by atoms with Gasteiger partial charge < -0.3 is 45.1 Å². The predicted octanol–water partition coefficient (Wildman–Crippen LogP) is 11.6. The van der Waals surface area contributed by atoms with Gasteiger partial charge in [0, 0.05) is 12.8 Å². The van der Waals surface area contributed by atoms with E-state index in [1.54, 1.807) is 6.08 Å². The van der Waals surface area contributed by atoms with E-state index in [4.69, 9.17) is 14.2 Å². The van der Waals surface area contributed by atoms with Gasteiger partial charge in [0.05, 0.1) is 32.0 Å². The Balaban J connectivity index is 2.11. The van der Waals surface area contributed by atoms with Crippen molar-refractivity contribution >= 4 is 11.9 Å². The molecule has 0 spiro atoms. The minimum atomic E-state index is -1.59. The van der Waals surface area contributed by atoms with Gasteiger partial charge in [-0.1, -0.05) is 192 Å². The van der Waals surface area contributed by atoms with Crippen LogP contribution in [0.3, 0.4) is 0 Å². The SMILES string of the molecule is CCCCC/C=C/CC/C=C/C(O)C(COC1OC(CO)C(O)C(O)C1O)NC(=O)CCCCCCC/C=C\CCCCOC(=O)CCCCCCCCCCCCCCCCCCCC. The van der Waals surface area contributed by atoms with Crippen LogP contribution in [0.5, 0.6) is 0 Å². The molecular formula is C55H101NO10. The number of amides is 1. The Morgan fingerprint density at radius 2 is 0.985 bits per heavy atom. The first kappa shape index (κ1) is 61.9. The van der Waals surface area contributed by atoms with E-state index < -0.39 is 49.5 Å². The van der Waals surface area contributed by atoms with Crippen molar-refractivity contribution in [3.05, 3.63) is 36.5 Å². The highest BCUT2D eigenvalue weighted by Crippen LogP contribution is 2.23. The number of rotatable bonds is 46. The summed E-state index contributed by atoms with van der Waals surface area (Å²) in [6, 6.07) is -0.847. The minimum absolute atomic E-state index is 0.0550. The standard InChI is InChI=1S/C55H101NO10/c1-3-5-7-9-11-13-14-15-16-17-18-19-20-23-27-31-35-39-43-51(60)64-44-40-36-32-28-24-21-22-26-30-34-38-42-50(59)56-47(48(58)41-37-33-29-25-12-10-8-6-4-2)46-65-55-54(63)53(62)52(61)49(45-57)66-55/h12,24-25,28,37,41,47-49,52-55,57-58,61-63H,3-11,13-23,26-27,29-36,38-40,42-46H2,1-2H3,(H,56,59)/b25-12+,28-24-,41-37+. The van der Waals surface area contributed by atoms with Crippen molar-refractivity contribution in [3.63, 3.8) is 0 Å². The second-order valence-corrected chi connectivity index (χ2v) is 18.9. The molecule has 1 heterocycles. The molecule has 0 aromatic heterocycles. The summed E-state index contributed by atoms with van der Waals surface area (Å²) in [5, 5.41) is 54.0. The number of nitrogens with one attached hydrogen (secondary N) is 1. The van der Waals surface area contributed by atoms with Crippen molar-refractivity contribution in [2.24, 2.45) is 0 Å². The van der Waals surface area contributed by atoms with Crippen LogP contribution in [0.25, 0.3) is 0 Å². The van der Waals surface area contributed by atoms with Crippen molar-refractivity contribution in [1.29, 1.82) is 0 Å². The molecule has 6 N–H and O–H groups in total. The normalized spacial score (nSPS) is 19.9. The number of unbranched alkanes of at least 4 members (excludes halogenated alkanes) is 28. The van der Waals surface area contributed by atoms with Crippen LogP contribution in [0.4, 0.5) is 0 Å². The van der Waals surface area contributed by atoms with Gasteiger partial charge in [-0.25, -0.2) is 0 Å². The van der Waals surface area contributed by atoms with E-state index in [-0.39, 0.29) is 18.5 Å². The Morgan fingerprint density at radius 1 is 0.545 bits per heavy atom. The maximum absolute atomic E-state index is 12.9. The Hall–Kier alpha value is -2.12. The van der Waals surface area contributed by atoms with Crippen molar-refractivity contribution < 1.29 is 49.3 Å². The number of carbonyl (C=O) groups excluding carboxylic acids is 2. The molecule has 0 aliphatic carbocycles. The summed E-state index contributed by atoms with van der Waals surface area (Å²) < 4.78 is 16.6. The Kier molecular flexibility index (Phi) is 42.5. The molecule has 0 bridgehead atoms. The van der Waals surface area contributed by atoms with Crippen molar-refractivity contribution in [2.75, 3.05) is 19.8 Å². The highest BCUT2D eigenvalue weighted by molar-refractivity contribution is 5.76. The van der Waals surface area contributed by atoms with Crippen LogP contribution in [0.2, 0.25) is 0 Å². The molecule has 1 aliphatic rings. The van der Waals surface area contributed by atoms with Gasteiger partial charge in [-0.05, 0) is 70.6 Å². The number of aliphatic hydroxyl groups excluding tert-OH is 5. The highest BCUT2D eigenvalue weighted by atomic mass is 16.7. The summed E-state index contributed by atoms with van der Waals surface area (Å²) in [4.78, 5) is 25.1. The molecule has 1 fully saturated rings. The first-order valence-corrected chi connectivity index (χ1v) is 27.3. The third-order valence-electron chi connectivity index (χ3n) is 12.7. The van der Waals surface area contributed by atoms with Gasteiger partial charge in [0.1, 0.15) is 24.4 Å². The maximum atomic E-state index is 12.9. The van der Waals surface area contributed by atoms with E-state index in [0.717, 1.165) is 83.5 Å². The molecule has 11 heteroatoms. The Labute approximate surface area is 403 Å². The van der Waals surface area contributed by atoms with Gasteiger partial charge in [-0.2, -0.15) is 0 Å². The average molecular weight is 936 g/mol. The lowest BCUT2D eigenvalue weighted by Gasteiger charge is -2.40. The Bertz CT molecular complexity index is 1190. The molecule has 11 nitrogen and oxygen atoms in total. The van der Waals surface area contributed by atoms with Gasteiger partial charge in [0.15, 0.2) is 6.29 Å². The number of allylic oxidation sites excluding steroid dienone is 5. The van der Waals surface area contributed by atoms with Crippen LogP contribution < -0.4 is 5.32 Å². The van der Waals surface area contributed by atoms with Crippen molar-refractivity contribution in [2.45, 2.75) is 281 Å². The van der Waals surface area contributed by atoms with Crippen LogP contribution in [0.15, 0.2) is 36.5 Å². The molecule has 1 rings (SSSR count). The number of hydrogen-bond donors (Lipinski definition) is 6. The summed E-state index contributed by atoms with van der Waals surface area (Å²) in [6.45, 7) is 4.17. The second kappa shape index (κ2) is 45.3. The molecule has 7 unspecified atom stereocenters. The van der Waals surface area contributed by atoms with E-state index in [1.165, 1.54) is 122 Å². The van der Waals surface area contributed by atoms with E-state index in [0.29, 0.717) is 25.9 Å². The molecule has 0 aromatic rings. The van der Waals surface area contributed by atoms with Crippen molar-refractivity contribution in [3.8, 4) is 0 Å². The molecule has 1 amide bonds. The third-order valence-corrected chi connectivity index (χ3v) is 12.7. The summed E-state index contributed by atoms with van der Waals surface area (Å²) in [5.41, 5.74) is 0. The quantitative estimate of drug-likeness (QED) is 0.0196. The van der Waals surface area contributed by atoms with Crippen LogP contribution >= 0.6 is 0 Å². The first-order valence-electron chi connectivity index (χ1n) is 27.3. The average Bonchev–Trinajstić information content (AvgIpc) is 3.31. The fourth-order valence-electron chi connectivity index (χ4n) is 8.33. The van der Waals surface area contributed by atoms with Crippen LogP contribution in [0.1, 0.15) is 239 Å². The zero-order chi connectivity index (χ0) is 48.1. The number of ether oxygens (including phenoxy) is 3. The molecule has 7 atom stereocenters. The van der Waals surface area contributed by atoms with E-state index in [2.05, 4.69) is 43.5 Å². The summed E-state index contributed by atoms with van der Waals surface area (Å²) in [6.07, 6.45) is 43.9. The summed E-state index contributed by atoms with van der Waals surface area (Å²) >= 11 is 0. The van der Waals surface area contributed by atoms with Gasteiger partial charge in [0.25, 0.3) is 0 Å². The number of carbonyl (C=O) groups is 2. The zero-order valence-electron chi connectivity index (χ0n) is 42.2. The number of esters is 1. The fourth-order valence-corrected chi connectivity index (χ4v) is 8.33. The lowest BCUT2D eigenvalue weighted by atomic mass is 9.99. The van der Waals surface area contributed by atoms with E-state index >= 15 is 0 Å². The number of hydrogen-bond acceptors (Lipinski definition) is 10. The van der Waals surface area contributed by atoms with Crippen LogP contribution in [0, 0.1) is 0 Å². The minimum Gasteiger partial charge on any atom is -0.466 e. The summed E-state index contributed by atoms with van der Waals surface area (Å²) in [7, 11) is 0. The largest absolute Gasteiger partial charge is 0.466 e. The lowest BCUT2D eigenvalue weighted by molar-refractivity contribution is -0.302. The predicted molar refractivity (Wildman–Crippen MR) is 269 cm³/mol. The van der Waals surface area contributed by atoms with Gasteiger partial charge in [0.2, 0.25) is 5.91 Å². The molecule has 1 aliphatic heterocycles. The number of aliphatic hydroxyl groups is 5. The molecule has 0 saturated carbocycles. The highest BCUT2D eigenvalue weighted by Gasteiger charge is 2.44. The van der Waals surface area contributed by atoms with Gasteiger partial charge >= 0.3 is 5.97 Å². The van der Waals surface area contributed by atoms with Gasteiger partial charge in [-0.3, -0.25) is 9.59 Å². The molecule has 66 heavy (non-hydrogen) atoms. The lowest BCUT2D eigenvalue weighted by Crippen LogP contribution is -2.60. The molecule has 0 aromatic carbocycles. The monoisotopic (exact) mass is 936 g/mol. The van der Waals surface area contributed by atoms with Gasteiger partial charge in [-0.15, -0.1) is 0 Å². The van der Waals surface area contributed by atoms with Crippen LogP contribution in [-0.4, -0.2) is 100 Å². The third kappa shape index (κ3) is 35.1. The summed E-state index contributed by atoms with van der Waals surface area (Å²) in [5.74, 6) is -0.279. The Morgan fingerprint density at radius 3 is 1.53 bits per heavy atom. The maximum Gasteiger partial charge on any atom is 0.305 e. The van der Waals surface area contributed by atoms with E-state index in [1.807, 2.05) is 6.08 Å². The topological polar surface area (TPSA) is 175 Å². The molecular weight excluding hydrogens is 835 g/mol. The van der Waals surface area contributed by atoms with Crippen LogP contribution in [-0.2, 0) is 23.8 Å². The zero-order valence-corrected chi connectivity index (χ0v) is 42.2. The molecule has 386 valence electrons. The second-order valence-electron chi connectivity index (χ2n) is 18.9. The smallest absolute Gasteiger partial charge is 0.305 e.